The van der Waals surface area contributed by atoms with Gasteiger partial charge in [-0.25, -0.2) is 4.39 Å². The van der Waals surface area contributed by atoms with Crippen molar-refractivity contribution in [3.05, 3.63) is 77.1 Å². The number of aliphatic hydroxyl groups is 2. The Bertz CT molecular complexity index is 1160. The minimum absolute atomic E-state index is 0.0561. The van der Waals surface area contributed by atoms with Crippen LogP contribution in [0.1, 0.15) is 23.5 Å². The maximum absolute atomic E-state index is 14.6. The van der Waals surface area contributed by atoms with E-state index in [1.807, 2.05) is 18.2 Å². The van der Waals surface area contributed by atoms with E-state index in [1.165, 1.54) is 11.0 Å². The summed E-state index contributed by atoms with van der Waals surface area (Å²) in [5.41, 5.74) is 1.40. The van der Waals surface area contributed by atoms with Gasteiger partial charge >= 0.3 is 0 Å². The van der Waals surface area contributed by atoms with E-state index in [0.717, 1.165) is 5.56 Å². The van der Waals surface area contributed by atoms with Crippen LogP contribution in [0.5, 0.6) is 5.75 Å². The Morgan fingerprint density at radius 2 is 1.92 bits per heavy atom. The fourth-order valence-electron chi connectivity index (χ4n) is 5.30. The van der Waals surface area contributed by atoms with E-state index in [1.54, 1.807) is 30.3 Å². The number of fused-ring (bicyclic) bond motifs is 3. The molecule has 3 aliphatic rings. The number of nitrogens with one attached hydrogen (secondary N) is 1. The summed E-state index contributed by atoms with van der Waals surface area (Å²) >= 11 is 0. The molecule has 1 unspecified atom stereocenters. The second-order valence-corrected chi connectivity index (χ2v) is 9.30. The lowest BCUT2D eigenvalue weighted by atomic mass is 9.77. The van der Waals surface area contributed by atoms with Crippen LogP contribution in [0.25, 0.3) is 0 Å². The molecule has 1 saturated heterocycles. The largest absolute Gasteiger partial charge is 0.486 e. The number of nitrogens with zero attached hydrogens (tertiary/aromatic N) is 1. The summed E-state index contributed by atoms with van der Waals surface area (Å²) in [5.74, 6) is -1.58. The minimum Gasteiger partial charge on any atom is -0.486 e. The smallest absolute Gasteiger partial charge is 0.247 e. The standard InChI is InChI=1S/C27H29FN2O6/c28-20-7-3-1-5-16(20)14-30(27(34)17-9-12-35-15-17)21-13-19(26(33)29-10-11-31)23-18-6-2-4-8-22(18)36-25(23)24(21)32/h1-8,13,17,21,23-25,31-32H,9-12,14-15H2,(H,29,33)/t17?,21-,23+,24+,25+/m1/s1. The molecule has 2 amide bonds. The van der Waals surface area contributed by atoms with Crippen molar-refractivity contribution in [3.8, 4) is 5.75 Å². The molecule has 2 aliphatic heterocycles. The van der Waals surface area contributed by atoms with Gasteiger partial charge in [0.2, 0.25) is 11.8 Å². The Balaban J connectivity index is 1.56. The Morgan fingerprint density at radius 1 is 1.14 bits per heavy atom. The third kappa shape index (κ3) is 4.50. The molecule has 5 atom stereocenters. The molecule has 0 saturated carbocycles. The molecule has 0 spiro atoms. The monoisotopic (exact) mass is 496 g/mol. The number of ether oxygens (including phenoxy) is 2. The number of carbonyl (C=O) groups excluding carboxylic acids is 2. The Kier molecular flexibility index (Phi) is 7.04. The first-order valence-corrected chi connectivity index (χ1v) is 12.2. The van der Waals surface area contributed by atoms with E-state index in [-0.39, 0.29) is 32.2 Å². The lowest BCUT2D eigenvalue weighted by Crippen LogP contribution is -2.56. The van der Waals surface area contributed by atoms with Gasteiger partial charge < -0.3 is 29.9 Å². The van der Waals surface area contributed by atoms with Crippen LogP contribution in [0.2, 0.25) is 0 Å². The zero-order valence-corrected chi connectivity index (χ0v) is 19.7. The van der Waals surface area contributed by atoms with Crippen LogP contribution in [-0.4, -0.2) is 71.5 Å². The van der Waals surface area contributed by atoms with Crippen molar-refractivity contribution in [2.45, 2.75) is 37.1 Å². The molecular formula is C27H29FN2O6. The number of amides is 2. The second kappa shape index (κ2) is 10.4. The van der Waals surface area contributed by atoms with E-state index < -0.39 is 41.8 Å². The summed E-state index contributed by atoms with van der Waals surface area (Å²) in [6.07, 6.45) is 0.132. The van der Waals surface area contributed by atoms with E-state index in [4.69, 9.17) is 9.47 Å². The van der Waals surface area contributed by atoms with E-state index in [2.05, 4.69) is 5.32 Å². The van der Waals surface area contributed by atoms with E-state index >= 15 is 0 Å². The maximum Gasteiger partial charge on any atom is 0.247 e. The number of rotatable bonds is 7. The first-order valence-electron chi connectivity index (χ1n) is 12.2. The predicted octanol–water partition coefficient (Wildman–Crippen LogP) is 1.51. The van der Waals surface area contributed by atoms with Gasteiger partial charge in [0.05, 0.1) is 31.1 Å². The average molecular weight is 497 g/mol. The van der Waals surface area contributed by atoms with Crippen molar-refractivity contribution in [2.75, 3.05) is 26.4 Å². The van der Waals surface area contributed by atoms with E-state index in [0.29, 0.717) is 29.9 Å². The number of benzene rings is 2. The summed E-state index contributed by atoms with van der Waals surface area (Å²) in [7, 11) is 0. The average Bonchev–Trinajstić information content (AvgIpc) is 3.56. The fraction of sp³-hybridized carbons (Fsp3) is 0.407. The minimum atomic E-state index is -1.17. The summed E-state index contributed by atoms with van der Waals surface area (Å²) in [5, 5.41) is 23.4. The Hall–Kier alpha value is -3.27. The number of aliphatic hydroxyl groups excluding tert-OH is 2. The van der Waals surface area contributed by atoms with Gasteiger partial charge in [-0.15, -0.1) is 0 Å². The summed E-state index contributed by atoms with van der Waals surface area (Å²) in [6.45, 7) is 0.435. The Morgan fingerprint density at radius 3 is 2.67 bits per heavy atom. The second-order valence-electron chi connectivity index (χ2n) is 9.30. The highest BCUT2D eigenvalue weighted by Gasteiger charge is 2.51. The molecule has 190 valence electrons. The van der Waals surface area contributed by atoms with Gasteiger partial charge in [-0.05, 0) is 24.6 Å². The third-order valence-corrected chi connectivity index (χ3v) is 7.10. The number of para-hydroxylation sites is 1. The van der Waals surface area contributed by atoms with Crippen molar-refractivity contribution in [3.63, 3.8) is 0 Å². The molecule has 0 aromatic heterocycles. The molecule has 2 aromatic carbocycles. The molecule has 1 aliphatic carbocycles. The van der Waals surface area contributed by atoms with Crippen LogP contribution in [0.15, 0.2) is 60.2 Å². The molecule has 0 radical (unpaired) electrons. The maximum atomic E-state index is 14.6. The molecular weight excluding hydrogens is 467 g/mol. The lowest BCUT2D eigenvalue weighted by Gasteiger charge is -2.41. The van der Waals surface area contributed by atoms with Gasteiger partial charge in [0, 0.05) is 36.4 Å². The number of carbonyl (C=O) groups is 2. The molecule has 3 N–H and O–H groups in total. The molecule has 9 heteroatoms. The van der Waals surface area contributed by atoms with Gasteiger partial charge in [-0.1, -0.05) is 36.4 Å². The topological polar surface area (TPSA) is 108 Å². The number of halogens is 1. The van der Waals surface area contributed by atoms with Crippen molar-refractivity contribution in [1.29, 1.82) is 0 Å². The lowest BCUT2D eigenvalue weighted by molar-refractivity contribution is -0.142. The van der Waals surface area contributed by atoms with Crippen molar-refractivity contribution < 1.29 is 33.7 Å². The predicted molar refractivity (Wildman–Crippen MR) is 127 cm³/mol. The van der Waals surface area contributed by atoms with Gasteiger partial charge in [-0.2, -0.15) is 0 Å². The summed E-state index contributed by atoms with van der Waals surface area (Å²) in [6, 6.07) is 12.5. The summed E-state index contributed by atoms with van der Waals surface area (Å²) < 4.78 is 26.2. The molecule has 8 nitrogen and oxygen atoms in total. The highest BCUT2D eigenvalue weighted by molar-refractivity contribution is 5.96. The van der Waals surface area contributed by atoms with Gasteiger partial charge in [0.15, 0.2) is 0 Å². The summed E-state index contributed by atoms with van der Waals surface area (Å²) in [4.78, 5) is 28.3. The van der Waals surface area contributed by atoms with Crippen LogP contribution >= 0.6 is 0 Å². The number of hydrogen-bond acceptors (Lipinski definition) is 6. The molecule has 2 aromatic rings. The third-order valence-electron chi connectivity index (χ3n) is 7.10. The quantitative estimate of drug-likeness (QED) is 0.537. The van der Waals surface area contributed by atoms with Gasteiger partial charge in [0.25, 0.3) is 0 Å². The van der Waals surface area contributed by atoms with Crippen molar-refractivity contribution in [2.24, 2.45) is 5.92 Å². The Labute approximate surface area is 208 Å². The zero-order valence-electron chi connectivity index (χ0n) is 19.7. The van der Waals surface area contributed by atoms with Crippen LogP contribution in [0, 0.1) is 11.7 Å². The SMILES string of the molecule is O=C(NCCO)C1=C[C@@H](N(Cc2ccccc2F)C(=O)C2CCOC2)[C@H](O)[C@H]2Oc3ccccc3[C@@H]12. The first-order chi connectivity index (χ1) is 17.5. The highest BCUT2D eigenvalue weighted by Crippen LogP contribution is 2.47. The van der Waals surface area contributed by atoms with Crippen LogP contribution < -0.4 is 10.1 Å². The first kappa shape index (κ1) is 24.4. The molecule has 2 heterocycles. The van der Waals surface area contributed by atoms with Crippen molar-refractivity contribution in [1.82, 2.24) is 10.2 Å². The normalized spacial score (nSPS) is 26.4. The van der Waals surface area contributed by atoms with E-state index in [9.17, 15) is 24.2 Å². The molecule has 5 rings (SSSR count). The zero-order chi connectivity index (χ0) is 25.2. The fourth-order valence-corrected chi connectivity index (χ4v) is 5.30. The molecule has 0 bridgehead atoms. The van der Waals surface area contributed by atoms with Crippen LogP contribution in [0.3, 0.4) is 0 Å². The number of hydrogen-bond donors (Lipinski definition) is 3. The highest BCUT2D eigenvalue weighted by atomic mass is 19.1. The van der Waals surface area contributed by atoms with Crippen molar-refractivity contribution >= 4 is 11.8 Å². The van der Waals surface area contributed by atoms with Crippen LogP contribution in [0.4, 0.5) is 4.39 Å². The molecule has 1 fully saturated rings. The molecule has 36 heavy (non-hydrogen) atoms. The van der Waals surface area contributed by atoms with Gasteiger partial charge in [0.1, 0.15) is 23.8 Å². The van der Waals surface area contributed by atoms with Crippen LogP contribution in [-0.2, 0) is 20.9 Å². The van der Waals surface area contributed by atoms with Gasteiger partial charge in [-0.3, -0.25) is 9.59 Å².